The van der Waals surface area contributed by atoms with Crippen molar-refractivity contribution in [2.45, 2.75) is 0 Å². The van der Waals surface area contributed by atoms with E-state index in [1.54, 1.807) is 0 Å². The molecule has 0 atom stereocenters. The zero-order valence-electron chi connectivity index (χ0n) is 32.6. The Labute approximate surface area is 370 Å². The topological polar surface area (TPSA) is 0 Å². The minimum atomic E-state index is -1.63. The van der Waals surface area contributed by atoms with E-state index < -0.39 is 29.8 Å². The van der Waals surface area contributed by atoms with Gasteiger partial charge in [0.2, 0.25) is 0 Å². The Balaban J connectivity index is 0.000000132. The fourth-order valence-electron chi connectivity index (χ4n) is 6.02. The molecule has 0 saturated carbocycles. The molecular weight excluding hydrogens is 939 g/mol. The molecule has 58 heavy (non-hydrogen) atoms. The summed E-state index contributed by atoms with van der Waals surface area (Å²) >= 11 is -2.24. The number of hydrogen-bond donors (Lipinski definition) is 0. The Morgan fingerprint density at radius 2 is 0.414 bits per heavy atom. The van der Waals surface area contributed by atoms with Crippen molar-refractivity contribution in [3.8, 4) is 0 Å². The van der Waals surface area contributed by atoms with Crippen molar-refractivity contribution in [1.29, 1.82) is 0 Å². The number of rotatable bonds is 9. The molecule has 6 radical (unpaired) electrons. The fraction of sp³-hybridized carbons (Fsp3) is 0. The molecular formula is C54H46Ge4. The summed E-state index contributed by atoms with van der Waals surface area (Å²) in [5.74, 6) is 0. The van der Waals surface area contributed by atoms with Gasteiger partial charge in [-0.1, -0.05) is 0 Å². The third kappa shape index (κ3) is 15.5. The Kier molecular flexibility index (Phi) is 18.8. The molecule has 0 saturated heterocycles. The van der Waals surface area contributed by atoms with E-state index in [1.165, 1.54) is 39.6 Å². The molecule has 0 aliphatic heterocycles. The maximum atomic E-state index is 2.27. The van der Waals surface area contributed by atoms with Gasteiger partial charge in [-0.2, -0.15) is 0 Å². The van der Waals surface area contributed by atoms with Crippen LogP contribution in [0.4, 0.5) is 0 Å². The molecule has 9 rings (SSSR count). The molecule has 0 aromatic heterocycles. The third-order valence-electron chi connectivity index (χ3n) is 8.79. The van der Waals surface area contributed by atoms with Crippen LogP contribution in [-0.2, 0) is 0 Å². The van der Waals surface area contributed by atoms with E-state index in [9.17, 15) is 0 Å². The van der Waals surface area contributed by atoms with Gasteiger partial charge in [0, 0.05) is 0 Å². The second-order valence-electron chi connectivity index (χ2n) is 13.2. The summed E-state index contributed by atoms with van der Waals surface area (Å²) in [5, 5.41) is 0. The van der Waals surface area contributed by atoms with Crippen LogP contribution < -0.4 is 39.6 Å². The van der Waals surface area contributed by atoms with Crippen LogP contribution in [0.2, 0.25) is 0 Å². The van der Waals surface area contributed by atoms with Gasteiger partial charge in [-0.15, -0.1) is 0 Å². The Hall–Kier alpha value is -4.85. The predicted molar refractivity (Wildman–Crippen MR) is 259 cm³/mol. The van der Waals surface area contributed by atoms with Crippen molar-refractivity contribution in [3.63, 3.8) is 0 Å². The van der Waals surface area contributed by atoms with Crippen LogP contribution in [0.15, 0.2) is 273 Å². The first-order valence-electron chi connectivity index (χ1n) is 19.5. The predicted octanol–water partition coefficient (Wildman–Crippen LogP) is 5.96. The monoisotopic (exact) mass is 990 g/mol. The zero-order valence-corrected chi connectivity index (χ0v) is 41.3. The number of hydrogen-bond acceptors (Lipinski definition) is 0. The maximum absolute atomic E-state index is 2.27. The summed E-state index contributed by atoms with van der Waals surface area (Å²) in [6.07, 6.45) is 0. The van der Waals surface area contributed by atoms with E-state index in [1.807, 2.05) is 0 Å². The molecule has 278 valence electrons. The van der Waals surface area contributed by atoms with Crippen molar-refractivity contribution in [1.82, 2.24) is 0 Å². The Bertz CT molecular complexity index is 1980. The second-order valence-corrected chi connectivity index (χ2v) is 27.7. The molecule has 9 aromatic carbocycles. The van der Waals surface area contributed by atoms with Crippen molar-refractivity contribution >= 4 is 100 Å². The number of benzene rings is 9. The van der Waals surface area contributed by atoms with Crippen LogP contribution in [0.1, 0.15) is 0 Å². The van der Waals surface area contributed by atoms with Crippen LogP contribution in [0.3, 0.4) is 0 Å². The summed E-state index contributed by atoms with van der Waals surface area (Å²) in [6, 6.07) is 97.3. The van der Waals surface area contributed by atoms with E-state index in [-0.39, 0.29) is 30.9 Å². The van der Waals surface area contributed by atoms with E-state index in [4.69, 9.17) is 0 Å². The molecule has 0 aliphatic rings. The van der Waals surface area contributed by atoms with Crippen molar-refractivity contribution in [2.24, 2.45) is 0 Å². The first-order valence-corrected chi connectivity index (χ1v) is 29.3. The van der Waals surface area contributed by atoms with E-state index in [0.29, 0.717) is 0 Å². The third-order valence-corrected chi connectivity index (χ3v) is 22.8. The minimum absolute atomic E-state index is 0.108. The van der Waals surface area contributed by atoms with E-state index >= 15 is 0 Å². The molecule has 0 unspecified atom stereocenters. The Morgan fingerprint density at radius 1 is 0.224 bits per heavy atom. The SMILES string of the molecule is c1cc[c]([GeH][c]2ccccc2)cc1.c1cc[c]([Ge]([c]2ccccc2)[c]2ccccc2)cc1.c1cc[c]([Ge][c]2ccccc2)cc1.c1cc[c]([Ge][c]2ccccc2)cc1. The molecule has 0 bridgehead atoms. The van der Waals surface area contributed by atoms with Gasteiger partial charge in [-0.3, -0.25) is 0 Å². The van der Waals surface area contributed by atoms with Gasteiger partial charge in [0.05, 0.1) is 0 Å². The zero-order chi connectivity index (χ0) is 39.7. The summed E-state index contributed by atoms with van der Waals surface area (Å²) in [7, 11) is 0. The Morgan fingerprint density at radius 3 is 0.638 bits per heavy atom. The van der Waals surface area contributed by atoms with Gasteiger partial charge in [-0.25, -0.2) is 0 Å². The quantitative estimate of drug-likeness (QED) is 0.157. The summed E-state index contributed by atoms with van der Waals surface area (Å²) in [5.41, 5.74) is 0. The van der Waals surface area contributed by atoms with E-state index in [0.717, 1.165) is 0 Å². The summed E-state index contributed by atoms with van der Waals surface area (Å²) in [4.78, 5) is 0. The summed E-state index contributed by atoms with van der Waals surface area (Å²) in [6.45, 7) is 0. The first kappa shape index (κ1) is 42.7. The van der Waals surface area contributed by atoms with Gasteiger partial charge < -0.3 is 0 Å². The second kappa shape index (κ2) is 25.5. The van der Waals surface area contributed by atoms with Crippen molar-refractivity contribution < 1.29 is 0 Å². The molecule has 9 aromatic rings. The standard InChI is InChI=1S/C18H15Ge.C12H11Ge.2C12H10Ge/c1-4-10-16(11-5-1)19(17-12-6-2-7-13-17)18-14-8-3-9-15-18;3*1-3-7-11(8-4-1)13-12-9-5-2-6-10-12/h1-15H;1-10,13H;2*1-10H. The van der Waals surface area contributed by atoms with Gasteiger partial charge in [0.15, 0.2) is 0 Å². The molecule has 0 aliphatic carbocycles. The van der Waals surface area contributed by atoms with Crippen LogP contribution in [-0.4, -0.2) is 60.6 Å². The normalized spacial score (nSPS) is 10.1. The molecule has 0 amide bonds. The van der Waals surface area contributed by atoms with Gasteiger partial charge in [0.25, 0.3) is 0 Å². The fourth-order valence-corrected chi connectivity index (χ4v) is 18.4. The first-order chi connectivity index (χ1) is 28.8. The van der Waals surface area contributed by atoms with Crippen LogP contribution >= 0.6 is 0 Å². The molecule has 0 fully saturated rings. The van der Waals surface area contributed by atoms with Crippen molar-refractivity contribution in [3.05, 3.63) is 273 Å². The van der Waals surface area contributed by atoms with Gasteiger partial charge in [0.1, 0.15) is 0 Å². The molecule has 0 heterocycles. The molecule has 0 N–H and O–H groups in total. The molecule has 0 spiro atoms. The van der Waals surface area contributed by atoms with Gasteiger partial charge >= 0.3 is 373 Å². The molecule has 4 heteroatoms. The molecule has 0 nitrogen and oxygen atoms in total. The van der Waals surface area contributed by atoms with Crippen LogP contribution in [0, 0.1) is 0 Å². The van der Waals surface area contributed by atoms with Crippen LogP contribution in [0.25, 0.3) is 0 Å². The average Bonchev–Trinajstić information content (AvgIpc) is 3.30. The van der Waals surface area contributed by atoms with Crippen molar-refractivity contribution in [2.75, 3.05) is 0 Å². The summed E-state index contributed by atoms with van der Waals surface area (Å²) < 4.78 is 13.5. The van der Waals surface area contributed by atoms with Crippen LogP contribution in [0.5, 0.6) is 0 Å². The average molecular weight is 985 g/mol. The van der Waals surface area contributed by atoms with E-state index in [2.05, 4.69) is 273 Å². The van der Waals surface area contributed by atoms with Gasteiger partial charge in [-0.05, 0) is 0 Å².